The zero-order valence-corrected chi connectivity index (χ0v) is 18.7. The number of nitrogens with zero attached hydrogens (tertiary/aromatic N) is 4. The van der Waals surface area contributed by atoms with Gasteiger partial charge in [-0.05, 0) is 42.0 Å². The highest BCUT2D eigenvalue weighted by atomic mass is 32.2. The maximum absolute atomic E-state index is 12.6. The molecule has 0 saturated carbocycles. The van der Waals surface area contributed by atoms with Crippen LogP contribution < -0.4 is 5.32 Å². The molecule has 8 nitrogen and oxygen atoms in total. The number of aromatic nitrogens is 5. The fourth-order valence-electron chi connectivity index (χ4n) is 4.25. The number of hydrogen-bond acceptors (Lipinski definition) is 7. The summed E-state index contributed by atoms with van der Waals surface area (Å²) in [6.45, 7) is 4.21. The summed E-state index contributed by atoms with van der Waals surface area (Å²) in [7, 11) is -3.23. The van der Waals surface area contributed by atoms with Gasteiger partial charge in [0.2, 0.25) is 0 Å². The first kappa shape index (κ1) is 20.6. The normalized spacial score (nSPS) is 16.1. The van der Waals surface area contributed by atoms with Crippen molar-refractivity contribution in [1.82, 2.24) is 24.9 Å². The number of anilines is 1. The second-order valence-corrected chi connectivity index (χ2v) is 10.5. The van der Waals surface area contributed by atoms with Gasteiger partial charge in [0.1, 0.15) is 24.1 Å². The SMILES string of the molecule is CC(C)[C@@H](Nc1ncnc2[nH]c(-c3cncnc3)cc12)c1ccc2c(c1)S(=O)(=O)CCC2. The van der Waals surface area contributed by atoms with Crippen LogP contribution in [-0.2, 0) is 16.3 Å². The highest BCUT2D eigenvalue weighted by Crippen LogP contribution is 2.34. The van der Waals surface area contributed by atoms with Gasteiger partial charge in [-0.2, -0.15) is 0 Å². The first-order valence-corrected chi connectivity index (χ1v) is 12.3. The number of sulfone groups is 1. The lowest BCUT2D eigenvalue weighted by atomic mass is 9.94. The molecule has 0 bridgehead atoms. The van der Waals surface area contributed by atoms with Gasteiger partial charge < -0.3 is 10.3 Å². The lowest BCUT2D eigenvalue weighted by Gasteiger charge is -2.26. The molecule has 9 heteroatoms. The van der Waals surface area contributed by atoms with E-state index in [1.807, 2.05) is 24.3 Å². The molecule has 1 aliphatic heterocycles. The standard InChI is InChI=1S/C23H24N6O2S/c1-14(2)21(16-6-5-15-4-3-7-32(30,31)20(15)8-16)29-23-18-9-19(17-10-24-12-25-11-17)28-22(18)26-13-27-23/h5-6,8-14,21H,3-4,7H2,1-2H3,(H2,26,27,28,29)/t21-/m1/s1. The Bertz CT molecular complexity index is 1380. The molecule has 32 heavy (non-hydrogen) atoms. The van der Waals surface area contributed by atoms with Crippen LogP contribution in [0.2, 0.25) is 0 Å². The van der Waals surface area contributed by atoms with Crippen molar-refractivity contribution in [2.75, 3.05) is 11.1 Å². The van der Waals surface area contributed by atoms with E-state index in [0.717, 1.165) is 34.2 Å². The van der Waals surface area contributed by atoms with Gasteiger partial charge in [0.15, 0.2) is 9.84 Å². The Kier molecular flexibility index (Phi) is 5.13. The number of aryl methyl sites for hydroxylation is 1. The molecule has 0 amide bonds. The molecule has 5 rings (SSSR count). The quantitative estimate of drug-likeness (QED) is 0.475. The molecule has 4 aromatic rings. The van der Waals surface area contributed by atoms with Crippen LogP contribution in [0, 0.1) is 5.92 Å². The third kappa shape index (κ3) is 3.73. The van der Waals surface area contributed by atoms with E-state index in [1.54, 1.807) is 12.4 Å². The van der Waals surface area contributed by atoms with E-state index in [4.69, 9.17) is 0 Å². The van der Waals surface area contributed by atoms with Crippen LogP contribution in [0.5, 0.6) is 0 Å². The number of rotatable bonds is 5. The van der Waals surface area contributed by atoms with Gasteiger partial charge in [0.25, 0.3) is 0 Å². The molecule has 4 heterocycles. The van der Waals surface area contributed by atoms with Crippen LogP contribution in [0.3, 0.4) is 0 Å². The van der Waals surface area contributed by atoms with Crippen LogP contribution in [-0.4, -0.2) is 39.1 Å². The van der Waals surface area contributed by atoms with Gasteiger partial charge >= 0.3 is 0 Å². The van der Waals surface area contributed by atoms with Crippen LogP contribution >= 0.6 is 0 Å². The van der Waals surface area contributed by atoms with Crippen LogP contribution in [0.15, 0.2) is 54.2 Å². The predicted octanol–water partition coefficient (Wildman–Crippen LogP) is 3.94. The van der Waals surface area contributed by atoms with E-state index in [0.29, 0.717) is 22.8 Å². The van der Waals surface area contributed by atoms with Crippen molar-refractivity contribution in [3.8, 4) is 11.3 Å². The molecule has 0 spiro atoms. The first-order chi connectivity index (χ1) is 15.4. The van der Waals surface area contributed by atoms with Crippen LogP contribution in [0.4, 0.5) is 5.82 Å². The summed E-state index contributed by atoms with van der Waals surface area (Å²) in [5.74, 6) is 1.10. The number of aromatic amines is 1. The molecule has 0 unspecified atom stereocenters. The number of benzene rings is 1. The van der Waals surface area contributed by atoms with Gasteiger partial charge in [-0.3, -0.25) is 0 Å². The number of hydrogen-bond donors (Lipinski definition) is 2. The molecule has 0 saturated heterocycles. The topological polar surface area (TPSA) is 114 Å². The Hall–Kier alpha value is -3.33. The third-order valence-electron chi connectivity index (χ3n) is 5.90. The molecular weight excluding hydrogens is 424 g/mol. The van der Waals surface area contributed by atoms with Gasteiger partial charge in [-0.1, -0.05) is 26.0 Å². The molecular formula is C23H24N6O2S. The third-order valence-corrected chi connectivity index (χ3v) is 7.78. The van der Waals surface area contributed by atoms with Gasteiger partial charge in [0.05, 0.1) is 27.8 Å². The second kappa shape index (κ2) is 7.98. The van der Waals surface area contributed by atoms with Crippen LogP contribution in [0.1, 0.15) is 37.4 Å². The highest BCUT2D eigenvalue weighted by molar-refractivity contribution is 7.91. The Labute approximate surface area is 186 Å². The number of fused-ring (bicyclic) bond motifs is 2. The van der Waals surface area contributed by atoms with E-state index in [-0.39, 0.29) is 17.7 Å². The molecule has 3 aromatic heterocycles. The van der Waals surface area contributed by atoms with Crippen molar-refractivity contribution in [2.24, 2.45) is 5.92 Å². The summed E-state index contributed by atoms with van der Waals surface area (Å²) in [5.41, 5.74) is 4.26. The summed E-state index contributed by atoms with van der Waals surface area (Å²) >= 11 is 0. The van der Waals surface area contributed by atoms with E-state index in [9.17, 15) is 8.42 Å². The van der Waals surface area contributed by atoms with E-state index in [2.05, 4.69) is 44.1 Å². The maximum Gasteiger partial charge on any atom is 0.178 e. The molecule has 0 fully saturated rings. The molecule has 1 aliphatic rings. The van der Waals surface area contributed by atoms with Crippen molar-refractivity contribution in [3.05, 3.63) is 60.4 Å². The smallest absolute Gasteiger partial charge is 0.178 e. The van der Waals surface area contributed by atoms with Gasteiger partial charge in [-0.15, -0.1) is 0 Å². The lowest BCUT2D eigenvalue weighted by Crippen LogP contribution is -2.20. The molecule has 1 aromatic carbocycles. The molecule has 2 N–H and O–H groups in total. The van der Waals surface area contributed by atoms with Crippen molar-refractivity contribution < 1.29 is 8.42 Å². The summed E-state index contributed by atoms with van der Waals surface area (Å²) < 4.78 is 25.3. The minimum absolute atomic E-state index is 0.117. The van der Waals surface area contributed by atoms with E-state index < -0.39 is 9.84 Å². The summed E-state index contributed by atoms with van der Waals surface area (Å²) in [4.78, 5) is 20.8. The minimum atomic E-state index is -3.23. The summed E-state index contributed by atoms with van der Waals surface area (Å²) in [6, 6.07) is 7.68. The Morgan fingerprint density at radius 3 is 2.66 bits per heavy atom. The molecule has 164 valence electrons. The van der Waals surface area contributed by atoms with Crippen molar-refractivity contribution in [2.45, 2.75) is 37.6 Å². The predicted molar refractivity (Wildman–Crippen MR) is 123 cm³/mol. The summed E-state index contributed by atoms with van der Waals surface area (Å²) in [5, 5.41) is 4.39. The molecule has 1 atom stereocenters. The Balaban J connectivity index is 1.54. The Morgan fingerprint density at radius 2 is 1.88 bits per heavy atom. The van der Waals surface area contributed by atoms with Crippen molar-refractivity contribution in [3.63, 3.8) is 0 Å². The fraction of sp³-hybridized carbons (Fsp3) is 0.304. The van der Waals surface area contributed by atoms with Crippen LogP contribution in [0.25, 0.3) is 22.3 Å². The van der Waals surface area contributed by atoms with Gasteiger partial charge in [0, 0.05) is 18.0 Å². The highest BCUT2D eigenvalue weighted by Gasteiger charge is 2.26. The van der Waals surface area contributed by atoms with Crippen molar-refractivity contribution in [1.29, 1.82) is 0 Å². The molecule has 0 aliphatic carbocycles. The fourth-order valence-corrected chi connectivity index (χ4v) is 5.88. The number of H-pyrrole nitrogens is 1. The second-order valence-electron chi connectivity index (χ2n) is 8.45. The number of nitrogens with one attached hydrogen (secondary N) is 2. The average molecular weight is 449 g/mol. The van der Waals surface area contributed by atoms with Gasteiger partial charge in [-0.25, -0.2) is 28.4 Å². The van der Waals surface area contributed by atoms with Crippen molar-refractivity contribution >= 4 is 26.7 Å². The monoisotopic (exact) mass is 448 g/mol. The zero-order valence-electron chi connectivity index (χ0n) is 17.9. The minimum Gasteiger partial charge on any atom is -0.362 e. The zero-order chi connectivity index (χ0) is 22.3. The average Bonchev–Trinajstić information content (AvgIpc) is 3.23. The largest absolute Gasteiger partial charge is 0.362 e. The Morgan fingerprint density at radius 1 is 1.06 bits per heavy atom. The van der Waals surface area contributed by atoms with E-state index in [1.165, 1.54) is 12.7 Å². The lowest BCUT2D eigenvalue weighted by molar-refractivity contribution is 0.542. The first-order valence-electron chi connectivity index (χ1n) is 10.6. The van der Waals surface area contributed by atoms with E-state index >= 15 is 0 Å². The maximum atomic E-state index is 12.6. The molecule has 0 radical (unpaired) electrons. The summed E-state index contributed by atoms with van der Waals surface area (Å²) in [6.07, 6.45) is 7.97.